The van der Waals surface area contributed by atoms with E-state index < -0.39 is 0 Å². The fourth-order valence-electron chi connectivity index (χ4n) is 2.83. The van der Waals surface area contributed by atoms with Crippen molar-refractivity contribution in [2.75, 3.05) is 24.5 Å². The summed E-state index contributed by atoms with van der Waals surface area (Å²) in [6, 6.07) is 6.86. The number of anilines is 1. The van der Waals surface area contributed by atoms with Crippen molar-refractivity contribution in [3.05, 3.63) is 28.8 Å². The molecule has 1 unspecified atom stereocenters. The zero-order valence-corrected chi connectivity index (χ0v) is 13.9. The third-order valence-corrected chi connectivity index (χ3v) is 4.74. The summed E-state index contributed by atoms with van der Waals surface area (Å²) < 4.78 is 0. The molecular formula is C17H27ClN2. The predicted octanol–water partition coefficient (Wildman–Crippen LogP) is 4.64. The summed E-state index contributed by atoms with van der Waals surface area (Å²) in [6.45, 7) is 12.2. The Labute approximate surface area is 128 Å². The zero-order chi connectivity index (χ0) is 14.8. The van der Waals surface area contributed by atoms with E-state index in [2.05, 4.69) is 56.1 Å². The van der Waals surface area contributed by atoms with Crippen molar-refractivity contribution in [2.45, 2.75) is 46.6 Å². The van der Waals surface area contributed by atoms with Gasteiger partial charge in [0.25, 0.3) is 0 Å². The molecule has 1 aliphatic heterocycles. The second kappa shape index (κ2) is 6.36. The molecule has 1 N–H and O–H groups in total. The SMILES string of the molecule is CCNC(C)c1ccc(N2CCC(C)(C)CC2)c(Cl)c1. The molecule has 1 atom stereocenters. The van der Waals surface area contributed by atoms with Crippen LogP contribution in [0.4, 0.5) is 5.69 Å². The van der Waals surface area contributed by atoms with Crippen LogP contribution in [-0.2, 0) is 0 Å². The van der Waals surface area contributed by atoms with Crippen molar-refractivity contribution >= 4 is 17.3 Å². The fraction of sp³-hybridized carbons (Fsp3) is 0.647. The van der Waals surface area contributed by atoms with E-state index in [-0.39, 0.29) is 0 Å². The lowest BCUT2D eigenvalue weighted by Crippen LogP contribution is -2.37. The van der Waals surface area contributed by atoms with Crippen LogP contribution in [0.1, 0.15) is 52.1 Å². The van der Waals surface area contributed by atoms with Gasteiger partial charge in [0.05, 0.1) is 10.7 Å². The quantitative estimate of drug-likeness (QED) is 0.870. The molecule has 2 nitrogen and oxygen atoms in total. The third-order valence-electron chi connectivity index (χ3n) is 4.44. The number of rotatable bonds is 4. The second-order valence-corrected chi connectivity index (χ2v) is 7.05. The van der Waals surface area contributed by atoms with Gasteiger partial charge >= 0.3 is 0 Å². The Bertz CT molecular complexity index is 446. The van der Waals surface area contributed by atoms with Crippen molar-refractivity contribution in [3.8, 4) is 0 Å². The maximum atomic E-state index is 6.51. The van der Waals surface area contributed by atoms with Gasteiger partial charge in [0.2, 0.25) is 0 Å². The molecule has 1 aromatic rings. The molecular weight excluding hydrogens is 268 g/mol. The van der Waals surface area contributed by atoms with Gasteiger partial charge in [-0.05, 0) is 49.4 Å². The monoisotopic (exact) mass is 294 g/mol. The van der Waals surface area contributed by atoms with Crippen LogP contribution in [0.3, 0.4) is 0 Å². The van der Waals surface area contributed by atoms with Crippen molar-refractivity contribution < 1.29 is 0 Å². The van der Waals surface area contributed by atoms with Crippen molar-refractivity contribution in [2.24, 2.45) is 5.41 Å². The van der Waals surface area contributed by atoms with Gasteiger partial charge in [-0.15, -0.1) is 0 Å². The highest BCUT2D eigenvalue weighted by Crippen LogP contribution is 2.35. The first-order valence-electron chi connectivity index (χ1n) is 7.71. The maximum absolute atomic E-state index is 6.51. The molecule has 0 bridgehead atoms. The lowest BCUT2D eigenvalue weighted by Gasteiger charge is -2.38. The van der Waals surface area contributed by atoms with E-state index in [1.165, 1.54) is 24.1 Å². The molecule has 1 saturated heterocycles. The van der Waals surface area contributed by atoms with E-state index in [1.54, 1.807) is 0 Å². The van der Waals surface area contributed by atoms with E-state index in [0.717, 1.165) is 24.7 Å². The highest BCUT2D eigenvalue weighted by molar-refractivity contribution is 6.33. The molecule has 2 rings (SSSR count). The van der Waals surface area contributed by atoms with Gasteiger partial charge in [0.15, 0.2) is 0 Å². The van der Waals surface area contributed by atoms with E-state index in [0.29, 0.717) is 11.5 Å². The number of hydrogen-bond acceptors (Lipinski definition) is 2. The molecule has 0 radical (unpaired) electrons. The average molecular weight is 295 g/mol. The molecule has 3 heteroatoms. The van der Waals surface area contributed by atoms with Crippen LogP contribution in [0.5, 0.6) is 0 Å². The molecule has 20 heavy (non-hydrogen) atoms. The topological polar surface area (TPSA) is 15.3 Å². The lowest BCUT2D eigenvalue weighted by molar-refractivity contribution is 0.280. The van der Waals surface area contributed by atoms with Crippen LogP contribution in [0.2, 0.25) is 5.02 Å². The van der Waals surface area contributed by atoms with E-state index >= 15 is 0 Å². The van der Waals surface area contributed by atoms with Gasteiger partial charge in [-0.3, -0.25) is 0 Å². The molecule has 1 aromatic carbocycles. The second-order valence-electron chi connectivity index (χ2n) is 6.64. The Morgan fingerprint density at radius 2 is 1.95 bits per heavy atom. The van der Waals surface area contributed by atoms with Crippen molar-refractivity contribution in [1.82, 2.24) is 5.32 Å². The van der Waals surface area contributed by atoms with Crippen molar-refractivity contribution in [1.29, 1.82) is 0 Å². The largest absolute Gasteiger partial charge is 0.370 e. The summed E-state index contributed by atoms with van der Waals surface area (Å²) >= 11 is 6.51. The van der Waals surface area contributed by atoms with Gasteiger partial charge in [-0.2, -0.15) is 0 Å². The first-order chi connectivity index (χ1) is 9.43. The standard InChI is InChI=1S/C17H27ClN2/c1-5-19-13(2)14-6-7-16(15(18)12-14)20-10-8-17(3,4)9-11-20/h6-7,12-13,19H,5,8-11H2,1-4H3. The highest BCUT2D eigenvalue weighted by atomic mass is 35.5. The van der Waals surface area contributed by atoms with Crippen LogP contribution in [0.15, 0.2) is 18.2 Å². The molecule has 0 aliphatic carbocycles. The Morgan fingerprint density at radius 1 is 1.30 bits per heavy atom. The fourth-order valence-corrected chi connectivity index (χ4v) is 3.13. The molecule has 1 fully saturated rings. The minimum Gasteiger partial charge on any atom is -0.370 e. The first kappa shape index (κ1) is 15.7. The van der Waals surface area contributed by atoms with Gasteiger partial charge < -0.3 is 10.2 Å². The average Bonchev–Trinajstić information content (AvgIpc) is 2.39. The maximum Gasteiger partial charge on any atom is 0.0642 e. The van der Waals surface area contributed by atoms with E-state index in [9.17, 15) is 0 Å². The number of nitrogens with zero attached hydrogens (tertiary/aromatic N) is 1. The van der Waals surface area contributed by atoms with Gasteiger partial charge in [0.1, 0.15) is 0 Å². The number of halogens is 1. The predicted molar refractivity (Wildman–Crippen MR) is 88.8 cm³/mol. The lowest BCUT2D eigenvalue weighted by atomic mass is 9.82. The summed E-state index contributed by atoms with van der Waals surface area (Å²) in [6.07, 6.45) is 2.47. The van der Waals surface area contributed by atoms with Gasteiger partial charge in [-0.1, -0.05) is 38.4 Å². The number of benzene rings is 1. The Balaban J connectivity index is 2.10. The number of hydrogen-bond donors (Lipinski definition) is 1. The molecule has 0 spiro atoms. The van der Waals surface area contributed by atoms with E-state index in [1.807, 2.05) is 0 Å². The summed E-state index contributed by atoms with van der Waals surface area (Å²) in [5, 5.41) is 4.31. The normalized spacial score (nSPS) is 19.9. The molecule has 112 valence electrons. The Kier molecular flexibility index (Phi) is 4.98. The molecule has 0 saturated carbocycles. The van der Waals surface area contributed by atoms with Crippen LogP contribution in [-0.4, -0.2) is 19.6 Å². The first-order valence-corrected chi connectivity index (χ1v) is 8.08. The summed E-state index contributed by atoms with van der Waals surface area (Å²) in [5.74, 6) is 0. The van der Waals surface area contributed by atoms with Crippen LogP contribution < -0.4 is 10.2 Å². The summed E-state index contributed by atoms with van der Waals surface area (Å²) in [4.78, 5) is 2.43. The van der Waals surface area contributed by atoms with Crippen molar-refractivity contribution in [3.63, 3.8) is 0 Å². The molecule has 0 aromatic heterocycles. The van der Waals surface area contributed by atoms with Gasteiger partial charge in [0, 0.05) is 19.1 Å². The van der Waals surface area contributed by atoms with Crippen LogP contribution >= 0.6 is 11.6 Å². The Hall–Kier alpha value is -0.730. The minimum absolute atomic E-state index is 0.354. The smallest absolute Gasteiger partial charge is 0.0642 e. The number of nitrogens with one attached hydrogen (secondary N) is 1. The molecule has 1 aliphatic rings. The molecule has 1 heterocycles. The summed E-state index contributed by atoms with van der Waals surface area (Å²) in [7, 11) is 0. The minimum atomic E-state index is 0.354. The number of piperidine rings is 1. The Morgan fingerprint density at radius 3 is 2.50 bits per heavy atom. The van der Waals surface area contributed by atoms with Crippen LogP contribution in [0, 0.1) is 5.41 Å². The summed E-state index contributed by atoms with van der Waals surface area (Å²) in [5.41, 5.74) is 2.93. The van der Waals surface area contributed by atoms with E-state index in [4.69, 9.17) is 11.6 Å². The molecule has 0 amide bonds. The highest BCUT2D eigenvalue weighted by Gasteiger charge is 2.26. The van der Waals surface area contributed by atoms with Gasteiger partial charge in [-0.25, -0.2) is 0 Å². The van der Waals surface area contributed by atoms with Crippen LogP contribution in [0.25, 0.3) is 0 Å². The third kappa shape index (κ3) is 3.67. The zero-order valence-electron chi connectivity index (χ0n) is 13.2.